The van der Waals surface area contributed by atoms with Crippen molar-refractivity contribution in [1.29, 1.82) is 0 Å². The highest BCUT2D eigenvalue weighted by molar-refractivity contribution is 7.84. The molecule has 2 unspecified atom stereocenters. The van der Waals surface area contributed by atoms with Crippen LogP contribution in [0.5, 0.6) is 0 Å². The van der Waals surface area contributed by atoms with Crippen LogP contribution < -0.4 is 10.0 Å². The number of halogens is 2. The molecule has 2 heterocycles. The second kappa shape index (κ2) is 10.6. The van der Waals surface area contributed by atoms with Gasteiger partial charge in [0.25, 0.3) is 0 Å². The van der Waals surface area contributed by atoms with Crippen molar-refractivity contribution in [3.8, 4) is 0 Å². The molecule has 0 bridgehead atoms. The number of ether oxygens (including phenoxy) is 1. The van der Waals surface area contributed by atoms with Crippen LogP contribution in [0.3, 0.4) is 0 Å². The molecule has 2 saturated heterocycles. The van der Waals surface area contributed by atoms with Gasteiger partial charge in [0.15, 0.2) is 0 Å². The van der Waals surface area contributed by atoms with Crippen molar-refractivity contribution in [1.82, 2.24) is 14.9 Å². The number of imide groups is 2. The van der Waals surface area contributed by atoms with E-state index in [9.17, 15) is 23.0 Å². The summed E-state index contributed by atoms with van der Waals surface area (Å²) in [6.45, 7) is 7.49. The maximum absolute atomic E-state index is 15.8. The highest BCUT2D eigenvalue weighted by atomic mass is 32.2. The fraction of sp³-hybridized carbons (Fsp3) is 0.609. The van der Waals surface area contributed by atoms with Crippen molar-refractivity contribution in [2.45, 2.75) is 70.0 Å². The molecule has 0 spiro atoms. The summed E-state index contributed by atoms with van der Waals surface area (Å²) in [6.07, 6.45) is -1.72. The van der Waals surface area contributed by atoms with E-state index < -0.39 is 70.0 Å². The fourth-order valence-corrected chi connectivity index (χ4v) is 4.88. The summed E-state index contributed by atoms with van der Waals surface area (Å²) in [5.41, 5.74) is 0.617. The summed E-state index contributed by atoms with van der Waals surface area (Å²) >= 11 is 0. The minimum absolute atomic E-state index is 0.0499. The Kier molecular flexibility index (Phi) is 8.20. The number of benzene rings is 1. The average Bonchev–Trinajstić information content (AvgIpc) is 2.76. The largest absolute Gasteiger partial charge is 0.381 e. The number of hydrogen-bond donors (Lipinski definition) is 2. The summed E-state index contributed by atoms with van der Waals surface area (Å²) in [5.74, 6) is -3.86. The molecule has 2 aliphatic rings. The lowest BCUT2D eigenvalue weighted by Gasteiger charge is -2.38. The molecule has 0 aliphatic carbocycles. The number of carbonyl (C=O) groups is 3. The van der Waals surface area contributed by atoms with E-state index in [1.54, 1.807) is 27.7 Å². The standard InChI is InChI=1S/C23H31F2N3O5S/c1-13-5-6-17(24)15(11-13)19(27-34(32)23(2,3)4)18(25)12-16-20(29)26-22(31)28(21(16)30)14-7-9-33-10-8-14/h5-6,11,14,16,18-19,27H,7-10,12H2,1-4H3,(H,26,29,31)/t16?,18-,19-,34?/m0/s1. The number of urea groups is 1. The molecule has 4 amide bonds. The van der Waals surface area contributed by atoms with Gasteiger partial charge in [-0.15, -0.1) is 0 Å². The predicted molar refractivity (Wildman–Crippen MR) is 122 cm³/mol. The highest BCUT2D eigenvalue weighted by Crippen LogP contribution is 2.31. The van der Waals surface area contributed by atoms with Gasteiger partial charge in [-0.05, 0) is 46.6 Å². The zero-order valence-electron chi connectivity index (χ0n) is 19.7. The van der Waals surface area contributed by atoms with Crippen LogP contribution in [0, 0.1) is 18.7 Å². The first kappa shape index (κ1) is 26.4. The number of rotatable bonds is 7. The van der Waals surface area contributed by atoms with Crippen LogP contribution >= 0.6 is 0 Å². The maximum atomic E-state index is 15.8. The first-order valence-corrected chi connectivity index (χ1v) is 12.4. The molecule has 1 aromatic rings. The normalized spacial score (nSPS) is 22.9. The molecular formula is C23H31F2N3O5S. The number of barbiturate groups is 1. The molecule has 1 aromatic carbocycles. The van der Waals surface area contributed by atoms with Crippen molar-refractivity contribution < 1.29 is 32.1 Å². The Morgan fingerprint density at radius 2 is 1.88 bits per heavy atom. The molecule has 2 N–H and O–H groups in total. The van der Waals surface area contributed by atoms with Gasteiger partial charge >= 0.3 is 6.03 Å². The van der Waals surface area contributed by atoms with Crippen molar-refractivity contribution in [2.24, 2.45) is 5.92 Å². The SMILES string of the molecule is Cc1ccc(F)c([C@H](NS(=O)C(C)(C)C)[C@@H](F)CC2C(=O)NC(=O)N(C3CCOCC3)C2=O)c1. The Morgan fingerprint density at radius 3 is 2.50 bits per heavy atom. The second-order valence-corrected chi connectivity index (χ2v) is 11.6. The molecule has 2 aliphatic heterocycles. The topological polar surface area (TPSA) is 105 Å². The Morgan fingerprint density at radius 1 is 1.24 bits per heavy atom. The zero-order chi connectivity index (χ0) is 25.2. The van der Waals surface area contributed by atoms with Crippen LogP contribution in [0.4, 0.5) is 13.6 Å². The molecule has 0 saturated carbocycles. The van der Waals surface area contributed by atoms with Gasteiger partial charge in [0, 0.05) is 31.2 Å². The smallest absolute Gasteiger partial charge is 0.331 e. The molecule has 188 valence electrons. The van der Waals surface area contributed by atoms with Gasteiger partial charge in [0.1, 0.15) is 17.9 Å². The third-order valence-electron chi connectivity index (χ3n) is 5.96. The quantitative estimate of drug-likeness (QED) is 0.562. The monoisotopic (exact) mass is 499 g/mol. The van der Waals surface area contributed by atoms with E-state index in [1.165, 1.54) is 18.2 Å². The molecule has 0 aromatic heterocycles. The van der Waals surface area contributed by atoms with Gasteiger partial charge in [-0.1, -0.05) is 17.7 Å². The lowest BCUT2D eigenvalue weighted by molar-refractivity contribution is -0.146. The summed E-state index contributed by atoms with van der Waals surface area (Å²) < 4.78 is 50.4. The highest BCUT2D eigenvalue weighted by Gasteiger charge is 2.46. The number of nitrogens with one attached hydrogen (secondary N) is 2. The van der Waals surface area contributed by atoms with Crippen LogP contribution in [0.1, 0.15) is 57.2 Å². The number of alkyl halides is 1. The lowest BCUT2D eigenvalue weighted by atomic mass is 9.90. The number of carbonyl (C=O) groups excluding carboxylic acids is 3. The van der Waals surface area contributed by atoms with Crippen LogP contribution in [0.25, 0.3) is 0 Å². The van der Waals surface area contributed by atoms with Gasteiger partial charge in [0.05, 0.1) is 21.8 Å². The first-order valence-electron chi connectivity index (χ1n) is 11.2. The Balaban J connectivity index is 1.88. The third-order valence-corrected chi connectivity index (χ3v) is 7.54. The summed E-state index contributed by atoms with van der Waals surface area (Å²) in [4.78, 5) is 39.0. The van der Waals surface area contributed by atoms with Gasteiger partial charge < -0.3 is 4.74 Å². The molecule has 8 nitrogen and oxygen atoms in total. The molecule has 2 fully saturated rings. The minimum atomic E-state index is -1.95. The Bertz CT molecular complexity index is 978. The van der Waals surface area contributed by atoms with E-state index in [0.29, 0.717) is 31.6 Å². The van der Waals surface area contributed by atoms with Crippen LogP contribution in [0.2, 0.25) is 0 Å². The summed E-state index contributed by atoms with van der Waals surface area (Å²) in [7, 11) is -1.76. The van der Waals surface area contributed by atoms with Gasteiger partial charge in [-0.3, -0.25) is 19.8 Å². The van der Waals surface area contributed by atoms with Gasteiger partial charge in [-0.25, -0.2) is 22.5 Å². The minimum Gasteiger partial charge on any atom is -0.381 e. The van der Waals surface area contributed by atoms with E-state index in [-0.39, 0.29) is 5.56 Å². The number of hydrogen-bond acceptors (Lipinski definition) is 5. The van der Waals surface area contributed by atoms with Crippen LogP contribution in [-0.4, -0.2) is 57.1 Å². The lowest BCUT2D eigenvalue weighted by Crippen LogP contribution is -2.62. The molecule has 34 heavy (non-hydrogen) atoms. The molecular weight excluding hydrogens is 468 g/mol. The third kappa shape index (κ3) is 5.87. The number of amides is 4. The summed E-state index contributed by atoms with van der Waals surface area (Å²) in [5, 5.41) is 2.14. The van der Waals surface area contributed by atoms with Crippen LogP contribution in [-0.2, 0) is 25.3 Å². The average molecular weight is 500 g/mol. The zero-order valence-corrected chi connectivity index (χ0v) is 20.5. The summed E-state index contributed by atoms with van der Waals surface area (Å²) in [6, 6.07) is 1.50. The number of aryl methyl sites for hydroxylation is 1. The maximum Gasteiger partial charge on any atom is 0.331 e. The fourth-order valence-electron chi connectivity index (χ4n) is 4.02. The predicted octanol–water partition coefficient (Wildman–Crippen LogP) is 2.83. The van der Waals surface area contributed by atoms with Crippen molar-refractivity contribution >= 4 is 28.8 Å². The van der Waals surface area contributed by atoms with Crippen molar-refractivity contribution in [3.05, 3.63) is 35.1 Å². The van der Waals surface area contributed by atoms with Crippen molar-refractivity contribution in [3.63, 3.8) is 0 Å². The van der Waals surface area contributed by atoms with E-state index >= 15 is 4.39 Å². The van der Waals surface area contributed by atoms with E-state index in [2.05, 4.69) is 10.0 Å². The van der Waals surface area contributed by atoms with E-state index in [1.807, 2.05) is 0 Å². The second-order valence-electron chi connectivity index (χ2n) is 9.65. The first-order chi connectivity index (χ1) is 15.9. The Labute approximate surface area is 200 Å². The molecule has 0 radical (unpaired) electrons. The van der Waals surface area contributed by atoms with Crippen LogP contribution in [0.15, 0.2) is 18.2 Å². The molecule has 4 atom stereocenters. The van der Waals surface area contributed by atoms with Gasteiger partial charge in [0.2, 0.25) is 11.8 Å². The van der Waals surface area contributed by atoms with Gasteiger partial charge in [-0.2, -0.15) is 0 Å². The Hall–Kier alpha value is -2.24. The number of nitrogens with zero attached hydrogens (tertiary/aromatic N) is 1. The van der Waals surface area contributed by atoms with E-state index in [0.717, 1.165) is 4.90 Å². The molecule has 3 rings (SSSR count). The molecule has 11 heteroatoms. The van der Waals surface area contributed by atoms with E-state index in [4.69, 9.17) is 4.74 Å². The van der Waals surface area contributed by atoms with Crippen molar-refractivity contribution in [2.75, 3.05) is 13.2 Å².